The zero-order valence-corrected chi connectivity index (χ0v) is 13.7. The average molecular weight is 337 g/mol. The largest absolute Gasteiger partial charge is 0.495 e. The van der Waals surface area contributed by atoms with Crippen LogP contribution >= 0.6 is 0 Å². The standard InChI is InChI=1S/C14H22F3N3O3/c1-8(19-13(22)9(2)20(4)10(3)21)6-11(14(15,16)17)12(7-18)23-5/h6-7,9,13,18-19,22H,1-5H3/b8-6+,12-11-,18-7?. The number of alkyl halides is 3. The second-order valence-electron chi connectivity index (χ2n) is 4.91. The van der Waals surface area contributed by atoms with E-state index in [-0.39, 0.29) is 11.6 Å². The molecule has 3 N–H and O–H groups in total. The first-order chi connectivity index (χ1) is 10.4. The molecule has 0 saturated carbocycles. The second kappa shape index (κ2) is 8.56. The van der Waals surface area contributed by atoms with E-state index in [2.05, 4.69) is 10.1 Å². The Morgan fingerprint density at radius 1 is 1.39 bits per heavy atom. The summed E-state index contributed by atoms with van der Waals surface area (Å²) in [5.74, 6) is -0.941. The third kappa shape index (κ3) is 6.31. The Kier molecular flexibility index (Phi) is 7.81. The Balaban J connectivity index is 5.37. The normalized spacial score (nSPS) is 16.1. The lowest BCUT2D eigenvalue weighted by atomic mass is 10.1. The van der Waals surface area contributed by atoms with E-state index in [0.29, 0.717) is 6.21 Å². The van der Waals surface area contributed by atoms with Crippen molar-refractivity contribution < 1.29 is 27.8 Å². The number of nitrogens with zero attached hydrogens (tertiary/aromatic N) is 1. The summed E-state index contributed by atoms with van der Waals surface area (Å²) in [6, 6.07) is -0.654. The van der Waals surface area contributed by atoms with Crippen LogP contribution < -0.4 is 5.32 Å². The molecular formula is C14H22F3N3O3. The Morgan fingerprint density at radius 3 is 2.26 bits per heavy atom. The molecule has 1 amide bonds. The minimum atomic E-state index is -4.72. The highest BCUT2D eigenvalue weighted by Gasteiger charge is 2.35. The maximum absolute atomic E-state index is 13.0. The first-order valence-corrected chi connectivity index (χ1v) is 6.67. The van der Waals surface area contributed by atoms with Crippen molar-refractivity contribution in [2.75, 3.05) is 14.2 Å². The van der Waals surface area contributed by atoms with Crippen LogP contribution in [-0.2, 0) is 9.53 Å². The molecule has 0 radical (unpaired) electrons. The number of methoxy groups -OCH3 is 1. The molecule has 2 atom stereocenters. The lowest BCUT2D eigenvalue weighted by molar-refractivity contribution is -0.131. The van der Waals surface area contributed by atoms with Gasteiger partial charge in [-0.2, -0.15) is 13.2 Å². The number of aliphatic hydroxyl groups excluding tert-OH is 1. The van der Waals surface area contributed by atoms with Crippen LogP contribution in [0.15, 0.2) is 23.1 Å². The van der Waals surface area contributed by atoms with Crippen LogP contribution in [0.2, 0.25) is 0 Å². The third-order valence-corrected chi connectivity index (χ3v) is 3.22. The summed E-state index contributed by atoms with van der Waals surface area (Å²) in [4.78, 5) is 12.5. The van der Waals surface area contributed by atoms with Crippen LogP contribution in [0.5, 0.6) is 0 Å². The summed E-state index contributed by atoms with van der Waals surface area (Å²) in [7, 11) is 2.50. The number of ether oxygens (including phenoxy) is 1. The van der Waals surface area contributed by atoms with Gasteiger partial charge < -0.3 is 25.5 Å². The second-order valence-corrected chi connectivity index (χ2v) is 4.91. The number of rotatable bonds is 7. The fourth-order valence-corrected chi connectivity index (χ4v) is 1.65. The number of nitrogens with one attached hydrogen (secondary N) is 2. The van der Waals surface area contributed by atoms with Gasteiger partial charge in [0, 0.05) is 19.7 Å². The van der Waals surface area contributed by atoms with E-state index >= 15 is 0 Å². The van der Waals surface area contributed by atoms with Crippen LogP contribution in [0.4, 0.5) is 13.2 Å². The number of hydrogen-bond acceptors (Lipinski definition) is 5. The lowest BCUT2D eigenvalue weighted by Crippen LogP contribution is -2.48. The number of allylic oxidation sites excluding steroid dienone is 4. The maximum atomic E-state index is 13.0. The molecule has 0 aromatic heterocycles. The monoisotopic (exact) mass is 337 g/mol. The average Bonchev–Trinajstić information content (AvgIpc) is 2.44. The molecule has 132 valence electrons. The van der Waals surface area contributed by atoms with Gasteiger partial charge in [-0.3, -0.25) is 4.79 Å². The Bertz CT molecular complexity index is 501. The summed E-state index contributed by atoms with van der Waals surface area (Å²) >= 11 is 0. The highest BCUT2D eigenvalue weighted by atomic mass is 19.4. The zero-order chi connectivity index (χ0) is 18.4. The topological polar surface area (TPSA) is 85.7 Å². The van der Waals surface area contributed by atoms with Crippen molar-refractivity contribution in [3.05, 3.63) is 23.1 Å². The summed E-state index contributed by atoms with van der Waals surface area (Å²) in [6.07, 6.45) is -4.80. The number of aliphatic hydroxyl groups is 1. The van der Waals surface area contributed by atoms with Crippen LogP contribution in [-0.4, -0.2) is 54.7 Å². The molecule has 6 nitrogen and oxygen atoms in total. The van der Waals surface area contributed by atoms with Gasteiger partial charge in [0.2, 0.25) is 5.91 Å². The minimum Gasteiger partial charge on any atom is -0.495 e. The van der Waals surface area contributed by atoms with Gasteiger partial charge in [-0.1, -0.05) is 0 Å². The minimum absolute atomic E-state index is 0.00465. The van der Waals surface area contributed by atoms with Crippen LogP contribution in [0.25, 0.3) is 0 Å². The number of hydrogen-bond donors (Lipinski definition) is 3. The first kappa shape index (κ1) is 21.0. The number of halogens is 3. The molecule has 2 unspecified atom stereocenters. The molecule has 0 aromatic rings. The van der Waals surface area contributed by atoms with Gasteiger partial charge in [0.15, 0.2) is 0 Å². The zero-order valence-electron chi connectivity index (χ0n) is 13.7. The van der Waals surface area contributed by atoms with Gasteiger partial charge in [-0.25, -0.2) is 0 Å². The van der Waals surface area contributed by atoms with Crippen molar-refractivity contribution in [1.29, 1.82) is 5.41 Å². The predicted molar refractivity (Wildman–Crippen MR) is 79.7 cm³/mol. The van der Waals surface area contributed by atoms with Crippen LogP contribution in [0, 0.1) is 5.41 Å². The summed E-state index contributed by atoms with van der Waals surface area (Å²) < 4.78 is 43.6. The van der Waals surface area contributed by atoms with Crippen molar-refractivity contribution >= 4 is 12.1 Å². The van der Waals surface area contributed by atoms with Gasteiger partial charge >= 0.3 is 6.18 Å². The van der Waals surface area contributed by atoms with Crippen molar-refractivity contribution in [3.8, 4) is 0 Å². The van der Waals surface area contributed by atoms with Crippen LogP contribution in [0.3, 0.4) is 0 Å². The molecule has 23 heavy (non-hydrogen) atoms. The molecule has 0 aromatic carbocycles. The van der Waals surface area contributed by atoms with Gasteiger partial charge in [0.05, 0.1) is 19.4 Å². The number of carbonyl (C=O) groups is 1. The maximum Gasteiger partial charge on any atom is 0.420 e. The Labute approximate surface area is 133 Å². The fraction of sp³-hybridized carbons (Fsp3) is 0.571. The molecule has 0 saturated heterocycles. The first-order valence-electron chi connectivity index (χ1n) is 6.67. The Hall–Kier alpha value is -2.03. The van der Waals surface area contributed by atoms with Gasteiger partial charge in [0.1, 0.15) is 17.6 Å². The summed E-state index contributed by atoms with van der Waals surface area (Å²) in [5, 5.41) is 19.4. The van der Waals surface area contributed by atoms with Gasteiger partial charge in [0.25, 0.3) is 0 Å². The molecule has 0 heterocycles. The van der Waals surface area contributed by atoms with E-state index in [1.54, 1.807) is 6.92 Å². The Morgan fingerprint density at radius 2 is 1.91 bits per heavy atom. The summed E-state index contributed by atoms with van der Waals surface area (Å²) in [5.41, 5.74) is -1.15. The third-order valence-electron chi connectivity index (χ3n) is 3.22. The highest BCUT2D eigenvalue weighted by Crippen LogP contribution is 2.29. The molecular weight excluding hydrogens is 315 g/mol. The highest BCUT2D eigenvalue weighted by molar-refractivity contribution is 5.75. The predicted octanol–water partition coefficient (Wildman–Crippen LogP) is 1.78. The SMILES string of the molecule is CO/C(C=N)=C(/C=C(\C)NC(O)C(C)N(C)C(C)=O)C(F)(F)F. The van der Waals surface area contributed by atoms with E-state index in [1.165, 1.54) is 25.8 Å². The van der Waals surface area contributed by atoms with E-state index in [4.69, 9.17) is 5.41 Å². The van der Waals surface area contributed by atoms with E-state index < -0.39 is 29.8 Å². The van der Waals surface area contributed by atoms with E-state index in [9.17, 15) is 23.1 Å². The van der Waals surface area contributed by atoms with Crippen molar-refractivity contribution in [2.24, 2.45) is 0 Å². The smallest absolute Gasteiger partial charge is 0.420 e. The van der Waals surface area contributed by atoms with E-state index in [0.717, 1.165) is 13.2 Å². The van der Waals surface area contributed by atoms with Gasteiger partial charge in [-0.15, -0.1) is 0 Å². The van der Waals surface area contributed by atoms with Crippen molar-refractivity contribution in [2.45, 2.75) is 39.2 Å². The summed E-state index contributed by atoms with van der Waals surface area (Å²) in [6.45, 7) is 4.18. The molecule has 0 fully saturated rings. The number of amides is 1. The molecule has 9 heteroatoms. The number of likely N-dealkylation sites (N-methyl/N-ethyl adjacent to an activating group) is 1. The van der Waals surface area contributed by atoms with Gasteiger partial charge in [-0.05, 0) is 19.9 Å². The van der Waals surface area contributed by atoms with Crippen molar-refractivity contribution in [3.63, 3.8) is 0 Å². The molecule has 0 aliphatic carbocycles. The molecule has 0 spiro atoms. The van der Waals surface area contributed by atoms with Crippen LogP contribution in [0.1, 0.15) is 20.8 Å². The molecule has 0 rings (SSSR count). The molecule has 0 bridgehead atoms. The molecule has 0 aliphatic rings. The molecule has 0 aliphatic heterocycles. The fourth-order valence-electron chi connectivity index (χ4n) is 1.65. The van der Waals surface area contributed by atoms with Crippen molar-refractivity contribution in [1.82, 2.24) is 10.2 Å². The number of carbonyl (C=O) groups excluding carboxylic acids is 1. The quantitative estimate of drug-likeness (QED) is 0.286. The van der Waals surface area contributed by atoms with E-state index in [1.807, 2.05) is 0 Å². The lowest BCUT2D eigenvalue weighted by Gasteiger charge is -2.29.